The van der Waals surface area contributed by atoms with Gasteiger partial charge in [-0.1, -0.05) is 19.1 Å². The van der Waals surface area contributed by atoms with Gasteiger partial charge in [-0.15, -0.1) is 11.3 Å². The van der Waals surface area contributed by atoms with Crippen LogP contribution in [0, 0.1) is 0 Å². The number of thiophene rings is 1. The Hall–Kier alpha value is -2.57. The molecule has 31 heavy (non-hydrogen) atoms. The number of hydrogen-bond acceptors (Lipinski definition) is 3. The fourth-order valence-electron chi connectivity index (χ4n) is 4.43. The monoisotopic (exact) mass is 494 g/mol. The van der Waals surface area contributed by atoms with Crippen LogP contribution in [-0.4, -0.2) is 29.4 Å². The fraction of sp³-hybridized carbons (Fsp3) is 0.240. The minimum absolute atomic E-state index is 0.0686. The molecule has 1 amide bonds. The quantitative estimate of drug-likeness (QED) is 0.359. The van der Waals surface area contributed by atoms with E-state index in [9.17, 15) is 4.79 Å². The minimum atomic E-state index is -0.142. The first-order valence-electron chi connectivity index (χ1n) is 10.4. The lowest BCUT2D eigenvalue weighted by Gasteiger charge is -2.35. The number of carbonyl (C=O) groups excluding carboxylic acids is 1. The molecule has 1 aliphatic heterocycles. The van der Waals surface area contributed by atoms with Crippen LogP contribution in [0.3, 0.4) is 0 Å². The molecule has 0 bridgehead atoms. The van der Waals surface area contributed by atoms with E-state index in [-0.39, 0.29) is 11.9 Å². The number of aryl methyl sites for hydroxylation is 1. The van der Waals surface area contributed by atoms with Gasteiger partial charge in [0.15, 0.2) is 0 Å². The highest BCUT2D eigenvalue weighted by Crippen LogP contribution is 2.42. The molecule has 1 aliphatic rings. The van der Waals surface area contributed by atoms with Crippen molar-refractivity contribution in [2.75, 3.05) is 13.7 Å². The molecule has 2 aromatic heterocycles. The van der Waals surface area contributed by atoms with E-state index in [2.05, 4.69) is 63.5 Å². The number of hydrogen-bond donors (Lipinski definition) is 1. The number of fused-ring (bicyclic) bond motifs is 3. The molecule has 0 radical (unpaired) electrons. The number of carbonyl (C=O) groups is 1. The standard InChI is InChI=1S/C25H23BrN2O2S/c1-3-15-4-6-16(7-5-15)25(29)28-11-10-19-20-13-18(30-2)8-9-21(20)27-23(19)24(28)22-12-17(26)14-31-22/h4-9,12-14,24,27H,3,10-11H2,1-2H3. The van der Waals surface area contributed by atoms with Crippen LogP contribution < -0.4 is 4.74 Å². The summed E-state index contributed by atoms with van der Waals surface area (Å²) in [4.78, 5) is 20.4. The molecule has 0 spiro atoms. The lowest BCUT2D eigenvalue weighted by atomic mass is 9.95. The Bertz CT molecular complexity index is 1260. The molecule has 4 nitrogen and oxygen atoms in total. The zero-order valence-corrected chi connectivity index (χ0v) is 19.8. The van der Waals surface area contributed by atoms with Crippen molar-refractivity contribution >= 4 is 44.1 Å². The molecule has 6 heteroatoms. The molecule has 3 heterocycles. The molecule has 4 aromatic rings. The molecule has 0 aliphatic carbocycles. The Kier molecular flexibility index (Phi) is 5.36. The third-order valence-electron chi connectivity index (χ3n) is 6.06. The second kappa shape index (κ2) is 8.17. The van der Waals surface area contributed by atoms with E-state index in [1.807, 2.05) is 23.1 Å². The van der Waals surface area contributed by atoms with Crippen molar-refractivity contribution < 1.29 is 9.53 Å². The summed E-state index contributed by atoms with van der Waals surface area (Å²) >= 11 is 5.26. The molecule has 1 unspecified atom stereocenters. The van der Waals surface area contributed by atoms with Crippen LogP contribution in [-0.2, 0) is 12.8 Å². The van der Waals surface area contributed by atoms with Gasteiger partial charge in [-0.2, -0.15) is 0 Å². The van der Waals surface area contributed by atoms with Crippen molar-refractivity contribution in [3.8, 4) is 5.75 Å². The van der Waals surface area contributed by atoms with Crippen LogP contribution in [0.1, 0.15) is 45.0 Å². The molecule has 158 valence electrons. The number of aromatic nitrogens is 1. The maximum Gasteiger partial charge on any atom is 0.254 e. The molecular formula is C25H23BrN2O2S. The lowest BCUT2D eigenvalue weighted by Crippen LogP contribution is -2.40. The number of H-pyrrole nitrogens is 1. The number of nitrogens with one attached hydrogen (secondary N) is 1. The maximum absolute atomic E-state index is 13.6. The van der Waals surface area contributed by atoms with Crippen molar-refractivity contribution in [3.05, 3.63) is 85.6 Å². The number of ether oxygens (including phenoxy) is 1. The zero-order chi connectivity index (χ0) is 21.5. The van der Waals surface area contributed by atoms with Crippen LogP contribution in [0.5, 0.6) is 5.75 Å². The average molecular weight is 495 g/mol. The zero-order valence-electron chi connectivity index (χ0n) is 17.4. The number of rotatable bonds is 4. The molecular weight excluding hydrogens is 472 g/mol. The maximum atomic E-state index is 13.6. The van der Waals surface area contributed by atoms with Gasteiger partial charge in [0.05, 0.1) is 7.11 Å². The Morgan fingerprint density at radius 2 is 2.03 bits per heavy atom. The molecule has 5 rings (SSSR count). The van der Waals surface area contributed by atoms with Crippen LogP contribution in [0.4, 0.5) is 0 Å². The third-order valence-corrected chi connectivity index (χ3v) is 7.81. The highest BCUT2D eigenvalue weighted by atomic mass is 79.9. The highest BCUT2D eigenvalue weighted by molar-refractivity contribution is 9.10. The Morgan fingerprint density at radius 3 is 2.71 bits per heavy atom. The number of amides is 1. The first kappa shape index (κ1) is 20.3. The fourth-order valence-corrected chi connectivity index (χ4v) is 5.99. The van der Waals surface area contributed by atoms with Crippen molar-refractivity contribution in [3.63, 3.8) is 0 Å². The predicted octanol–water partition coefficient (Wildman–Crippen LogP) is 6.35. The van der Waals surface area contributed by atoms with Crippen molar-refractivity contribution in [2.24, 2.45) is 0 Å². The van der Waals surface area contributed by atoms with E-state index in [1.54, 1.807) is 18.4 Å². The SMILES string of the molecule is CCc1ccc(C(=O)N2CCc3c([nH]c4ccc(OC)cc34)C2c2cc(Br)cs2)cc1. The predicted molar refractivity (Wildman–Crippen MR) is 129 cm³/mol. The number of methoxy groups -OCH3 is 1. The van der Waals surface area contributed by atoms with Gasteiger partial charge in [-0.05, 0) is 76.3 Å². The molecule has 0 fully saturated rings. The summed E-state index contributed by atoms with van der Waals surface area (Å²) in [7, 11) is 1.69. The summed E-state index contributed by atoms with van der Waals surface area (Å²) in [6, 6.07) is 16.1. The van der Waals surface area contributed by atoms with Gasteiger partial charge >= 0.3 is 0 Å². The number of benzene rings is 2. The van der Waals surface area contributed by atoms with Gasteiger partial charge < -0.3 is 14.6 Å². The molecule has 2 aromatic carbocycles. The van der Waals surface area contributed by atoms with E-state index in [0.717, 1.165) is 44.7 Å². The molecule has 0 saturated carbocycles. The van der Waals surface area contributed by atoms with Crippen LogP contribution in [0.15, 0.2) is 58.4 Å². The first-order valence-corrected chi connectivity index (χ1v) is 12.1. The summed E-state index contributed by atoms with van der Waals surface area (Å²) < 4.78 is 6.49. The van der Waals surface area contributed by atoms with Gasteiger partial charge in [0.1, 0.15) is 11.8 Å². The second-order valence-electron chi connectivity index (χ2n) is 7.80. The van der Waals surface area contributed by atoms with E-state index in [1.165, 1.54) is 16.5 Å². The average Bonchev–Trinajstić information content (AvgIpc) is 3.40. The number of aromatic amines is 1. The van der Waals surface area contributed by atoms with Crippen molar-refractivity contribution in [1.29, 1.82) is 0 Å². The summed E-state index contributed by atoms with van der Waals surface area (Å²) in [6.07, 6.45) is 1.77. The van der Waals surface area contributed by atoms with Crippen molar-refractivity contribution in [2.45, 2.75) is 25.8 Å². The summed E-state index contributed by atoms with van der Waals surface area (Å²) in [5.41, 5.74) is 5.42. The van der Waals surface area contributed by atoms with E-state index >= 15 is 0 Å². The first-order chi connectivity index (χ1) is 15.1. The Balaban J connectivity index is 1.62. The van der Waals surface area contributed by atoms with Gasteiger partial charge in [0, 0.05) is 43.4 Å². The third kappa shape index (κ3) is 3.58. The van der Waals surface area contributed by atoms with E-state index in [4.69, 9.17) is 4.74 Å². The summed E-state index contributed by atoms with van der Waals surface area (Å²) in [5, 5.41) is 3.25. The Morgan fingerprint density at radius 1 is 1.23 bits per heavy atom. The summed E-state index contributed by atoms with van der Waals surface area (Å²) in [6.45, 7) is 2.80. The van der Waals surface area contributed by atoms with Gasteiger partial charge in [0.25, 0.3) is 5.91 Å². The van der Waals surface area contributed by atoms with E-state index < -0.39 is 0 Å². The Labute approximate surface area is 194 Å². The van der Waals surface area contributed by atoms with Gasteiger partial charge in [0.2, 0.25) is 0 Å². The molecule has 1 N–H and O–H groups in total. The largest absolute Gasteiger partial charge is 0.497 e. The smallest absolute Gasteiger partial charge is 0.254 e. The van der Waals surface area contributed by atoms with Crippen molar-refractivity contribution in [1.82, 2.24) is 9.88 Å². The summed E-state index contributed by atoms with van der Waals surface area (Å²) in [5.74, 6) is 0.915. The van der Waals surface area contributed by atoms with Crippen LogP contribution >= 0.6 is 27.3 Å². The van der Waals surface area contributed by atoms with Crippen LogP contribution in [0.25, 0.3) is 10.9 Å². The normalized spacial score (nSPS) is 15.8. The minimum Gasteiger partial charge on any atom is -0.497 e. The second-order valence-corrected chi connectivity index (χ2v) is 9.66. The molecule has 1 atom stereocenters. The van der Waals surface area contributed by atoms with Gasteiger partial charge in [-0.3, -0.25) is 4.79 Å². The van der Waals surface area contributed by atoms with E-state index in [0.29, 0.717) is 6.54 Å². The molecule has 0 saturated heterocycles. The topological polar surface area (TPSA) is 45.3 Å². The number of nitrogens with zero attached hydrogens (tertiary/aromatic N) is 1. The lowest BCUT2D eigenvalue weighted by molar-refractivity contribution is 0.0694. The van der Waals surface area contributed by atoms with Crippen LogP contribution in [0.2, 0.25) is 0 Å². The van der Waals surface area contributed by atoms with Gasteiger partial charge in [-0.25, -0.2) is 0 Å². The highest BCUT2D eigenvalue weighted by Gasteiger charge is 2.35. The number of halogens is 1.